The molecule has 0 radical (unpaired) electrons. The topological polar surface area (TPSA) is 17.1 Å². The first-order chi connectivity index (χ1) is 9.07. The summed E-state index contributed by atoms with van der Waals surface area (Å²) in [5.41, 5.74) is 0. The first-order valence-electron chi connectivity index (χ1n) is 8.60. The van der Waals surface area contributed by atoms with Gasteiger partial charge in [0.2, 0.25) is 0 Å². The number of unbranched alkanes of at least 4 members (excludes halogenated alkanes) is 7. The molecular formula is C18H36O. The van der Waals surface area contributed by atoms with Crippen molar-refractivity contribution in [2.45, 2.75) is 98.3 Å². The van der Waals surface area contributed by atoms with E-state index in [-0.39, 0.29) is 5.92 Å². The van der Waals surface area contributed by atoms with Crippen LogP contribution in [0.3, 0.4) is 0 Å². The Kier molecular flexibility index (Phi) is 12.5. The quantitative estimate of drug-likeness (QED) is 0.366. The van der Waals surface area contributed by atoms with Crippen molar-refractivity contribution >= 4 is 5.78 Å². The molecule has 0 aliphatic heterocycles. The Hall–Kier alpha value is -0.330. The average molecular weight is 268 g/mol. The first-order valence-corrected chi connectivity index (χ1v) is 8.60. The predicted octanol–water partition coefficient (Wildman–Crippen LogP) is 6.16. The van der Waals surface area contributed by atoms with E-state index in [1.807, 2.05) is 13.8 Å². The fourth-order valence-corrected chi connectivity index (χ4v) is 2.35. The maximum Gasteiger partial charge on any atom is 0.135 e. The Balaban J connectivity index is 3.13. The lowest BCUT2D eigenvalue weighted by Crippen LogP contribution is -2.05. The van der Waals surface area contributed by atoms with Crippen molar-refractivity contribution in [3.63, 3.8) is 0 Å². The zero-order valence-corrected chi connectivity index (χ0v) is 13.8. The number of Topliss-reactive ketones (excluding diaryl/α,β-unsaturated/α-hetero) is 1. The Bertz CT molecular complexity index is 208. The van der Waals surface area contributed by atoms with Gasteiger partial charge >= 0.3 is 0 Å². The van der Waals surface area contributed by atoms with Crippen LogP contribution in [-0.2, 0) is 4.79 Å². The molecule has 19 heavy (non-hydrogen) atoms. The van der Waals surface area contributed by atoms with Crippen molar-refractivity contribution in [3.8, 4) is 0 Å². The molecule has 0 aliphatic carbocycles. The van der Waals surface area contributed by atoms with Crippen LogP contribution in [0.4, 0.5) is 0 Å². The van der Waals surface area contributed by atoms with Crippen molar-refractivity contribution in [2.75, 3.05) is 0 Å². The molecule has 1 atom stereocenters. The summed E-state index contributed by atoms with van der Waals surface area (Å²) < 4.78 is 0. The summed E-state index contributed by atoms with van der Waals surface area (Å²) in [7, 11) is 0. The standard InChI is InChI=1S/C18H36O/c1-5-17(4)14-12-10-8-6-7-9-11-13-15-18(19)16(2)3/h16-17H,5-15H2,1-4H3. The fourth-order valence-electron chi connectivity index (χ4n) is 2.35. The number of rotatable bonds is 13. The summed E-state index contributed by atoms with van der Waals surface area (Å²) >= 11 is 0. The van der Waals surface area contributed by atoms with E-state index in [1.165, 1.54) is 57.8 Å². The Morgan fingerprint density at radius 1 is 0.789 bits per heavy atom. The van der Waals surface area contributed by atoms with Crippen LogP contribution in [0.1, 0.15) is 98.3 Å². The summed E-state index contributed by atoms with van der Waals surface area (Å²) in [5.74, 6) is 1.58. The van der Waals surface area contributed by atoms with Gasteiger partial charge in [0.1, 0.15) is 5.78 Å². The van der Waals surface area contributed by atoms with Gasteiger partial charge in [0.05, 0.1) is 0 Å². The summed E-state index contributed by atoms with van der Waals surface area (Å²) in [6, 6.07) is 0. The third-order valence-corrected chi connectivity index (χ3v) is 4.21. The molecule has 114 valence electrons. The normalized spacial score (nSPS) is 12.9. The molecule has 0 amide bonds. The maximum atomic E-state index is 11.4. The largest absolute Gasteiger partial charge is 0.299 e. The van der Waals surface area contributed by atoms with Gasteiger partial charge in [-0.2, -0.15) is 0 Å². The molecule has 1 unspecified atom stereocenters. The average Bonchev–Trinajstić information content (AvgIpc) is 2.39. The molecule has 0 bridgehead atoms. The van der Waals surface area contributed by atoms with Crippen LogP contribution in [0.2, 0.25) is 0 Å². The number of carbonyl (C=O) groups is 1. The highest BCUT2D eigenvalue weighted by atomic mass is 16.1. The summed E-state index contributed by atoms with van der Waals surface area (Å²) in [6.45, 7) is 8.65. The third-order valence-electron chi connectivity index (χ3n) is 4.21. The number of hydrogen-bond acceptors (Lipinski definition) is 1. The van der Waals surface area contributed by atoms with E-state index in [9.17, 15) is 4.79 Å². The van der Waals surface area contributed by atoms with Gasteiger partial charge < -0.3 is 0 Å². The molecule has 0 rings (SSSR count). The van der Waals surface area contributed by atoms with Gasteiger partial charge in [-0.15, -0.1) is 0 Å². The van der Waals surface area contributed by atoms with Gasteiger partial charge in [-0.1, -0.05) is 85.5 Å². The van der Waals surface area contributed by atoms with Crippen molar-refractivity contribution in [1.29, 1.82) is 0 Å². The molecule has 1 nitrogen and oxygen atoms in total. The van der Waals surface area contributed by atoms with Gasteiger partial charge in [-0.05, 0) is 12.3 Å². The van der Waals surface area contributed by atoms with Crippen molar-refractivity contribution in [1.82, 2.24) is 0 Å². The van der Waals surface area contributed by atoms with Crippen molar-refractivity contribution in [2.24, 2.45) is 11.8 Å². The van der Waals surface area contributed by atoms with Crippen LogP contribution in [-0.4, -0.2) is 5.78 Å². The fraction of sp³-hybridized carbons (Fsp3) is 0.944. The van der Waals surface area contributed by atoms with Crippen LogP contribution in [0.25, 0.3) is 0 Å². The highest BCUT2D eigenvalue weighted by Crippen LogP contribution is 2.15. The lowest BCUT2D eigenvalue weighted by Gasteiger charge is -2.07. The highest BCUT2D eigenvalue weighted by molar-refractivity contribution is 5.80. The monoisotopic (exact) mass is 268 g/mol. The molecule has 0 heterocycles. The number of hydrogen-bond donors (Lipinski definition) is 0. The van der Waals surface area contributed by atoms with E-state index in [4.69, 9.17) is 0 Å². The third kappa shape index (κ3) is 12.4. The van der Waals surface area contributed by atoms with Gasteiger partial charge in [0.25, 0.3) is 0 Å². The second-order valence-electron chi connectivity index (χ2n) is 6.50. The molecule has 0 aromatic carbocycles. The maximum absolute atomic E-state index is 11.4. The van der Waals surface area contributed by atoms with Crippen LogP contribution < -0.4 is 0 Å². The second kappa shape index (κ2) is 12.7. The Morgan fingerprint density at radius 2 is 1.26 bits per heavy atom. The highest BCUT2D eigenvalue weighted by Gasteiger charge is 2.05. The lowest BCUT2D eigenvalue weighted by molar-refractivity contribution is -0.122. The molecule has 0 spiro atoms. The summed E-state index contributed by atoms with van der Waals surface area (Å²) in [5, 5.41) is 0. The molecule has 0 aromatic rings. The Morgan fingerprint density at radius 3 is 1.74 bits per heavy atom. The van der Waals surface area contributed by atoms with E-state index in [2.05, 4.69) is 13.8 Å². The van der Waals surface area contributed by atoms with Gasteiger partial charge in [-0.25, -0.2) is 0 Å². The van der Waals surface area contributed by atoms with E-state index < -0.39 is 0 Å². The zero-order valence-electron chi connectivity index (χ0n) is 13.8. The smallest absolute Gasteiger partial charge is 0.135 e. The van der Waals surface area contributed by atoms with Crippen LogP contribution in [0, 0.1) is 11.8 Å². The molecular weight excluding hydrogens is 232 g/mol. The first kappa shape index (κ1) is 18.7. The summed E-state index contributed by atoms with van der Waals surface area (Å²) in [6.07, 6.45) is 14.2. The molecule has 0 aliphatic rings. The minimum absolute atomic E-state index is 0.227. The van der Waals surface area contributed by atoms with Crippen LogP contribution in [0.15, 0.2) is 0 Å². The molecule has 1 heteroatoms. The zero-order chi connectivity index (χ0) is 14.5. The molecule has 0 aromatic heterocycles. The van der Waals surface area contributed by atoms with Gasteiger partial charge in [0.15, 0.2) is 0 Å². The van der Waals surface area contributed by atoms with E-state index >= 15 is 0 Å². The second-order valence-corrected chi connectivity index (χ2v) is 6.50. The summed E-state index contributed by atoms with van der Waals surface area (Å²) in [4.78, 5) is 11.4. The number of carbonyl (C=O) groups excluding carboxylic acids is 1. The Labute approximate surface area is 121 Å². The minimum atomic E-state index is 0.227. The predicted molar refractivity (Wildman–Crippen MR) is 85.5 cm³/mol. The molecule has 0 fully saturated rings. The number of ketones is 1. The van der Waals surface area contributed by atoms with Crippen molar-refractivity contribution in [3.05, 3.63) is 0 Å². The van der Waals surface area contributed by atoms with E-state index in [0.29, 0.717) is 5.78 Å². The van der Waals surface area contributed by atoms with E-state index in [0.717, 1.165) is 18.8 Å². The van der Waals surface area contributed by atoms with Crippen molar-refractivity contribution < 1.29 is 4.79 Å². The molecule has 0 N–H and O–H groups in total. The minimum Gasteiger partial charge on any atom is -0.299 e. The van der Waals surface area contributed by atoms with Crippen LogP contribution >= 0.6 is 0 Å². The van der Waals surface area contributed by atoms with Gasteiger partial charge in [0, 0.05) is 12.3 Å². The lowest BCUT2D eigenvalue weighted by atomic mass is 9.99. The van der Waals surface area contributed by atoms with Crippen LogP contribution in [0.5, 0.6) is 0 Å². The van der Waals surface area contributed by atoms with Gasteiger partial charge in [-0.3, -0.25) is 4.79 Å². The van der Waals surface area contributed by atoms with E-state index in [1.54, 1.807) is 0 Å². The molecule has 0 saturated heterocycles. The SMILES string of the molecule is CCC(C)CCCCCCCCCCC(=O)C(C)C. The molecule has 0 saturated carbocycles.